The summed E-state index contributed by atoms with van der Waals surface area (Å²) in [4.78, 5) is 0. The van der Waals surface area contributed by atoms with Crippen molar-refractivity contribution < 1.29 is 0 Å². The first kappa shape index (κ1) is 6.22. The molecule has 36 valence electrons. The number of rotatable bonds is 1. The van der Waals surface area contributed by atoms with E-state index in [2.05, 4.69) is 28.9 Å². The van der Waals surface area contributed by atoms with Gasteiger partial charge in [-0.1, -0.05) is 27.6 Å². The molecule has 0 heterocycles. The first-order chi connectivity index (χ1) is 2.81. The molecule has 0 saturated carbocycles. The third kappa shape index (κ3) is 2.46. The van der Waals surface area contributed by atoms with Crippen molar-refractivity contribution in [2.45, 2.75) is 13.8 Å². The minimum Gasteiger partial charge on any atom is -0.0880 e. The van der Waals surface area contributed by atoms with Crippen molar-refractivity contribution in [2.75, 3.05) is 5.33 Å². The van der Waals surface area contributed by atoms with Crippen LogP contribution in [0.25, 0.3) is 0 Å². The smallest absolute Gasteiger partial charge is 0.0238 e. The lowest BCUT2D eigenvalue weighted by Gasteiger charge is -1.83. The van der Waals surface area contributed by atoms with Gasteiger partial charge in [-0.05, 0) is 13.8 Å². The molecule has 1 heteroatoms. The van der Waals surface area contributed by atoms with E-state index in [0.29, 0.717) is 0 Å². The molecule has 0 amide bonds. The summed E-state index contributed by atoms with van der Waals surface area (Å²) in [6, 6.07) is 0. The van der Waals surface area contributed by atoms with E-state index in [1.165, 1.54) is 5.57 Å². The van der Waals surface area contributed by atoms with E-state index in [4.69, 9.17) is 0 Å². The van der Waals surface area contributed by atoms with Crippen molar-refractivity contribution in [3.8, 4) is 0 Å². The number of hydrogen-bond acceptors (Lipinski definition) is 0. The lowest BCUT2D eigenvalue weighted by atomic mass is 10.3. The molecule has 6 heavy (non-hydrogen) atoms. The Kier molecular flexibility index (Phi) is 3.54. The topological polar surface area (TPSA) is 0 Å². The summed E-state index contributed by atoms with van der Waals surface area (Å²) in [5, 5.41) is 1.00. The van der Waals surface area contributed by atoms with Gasteiger partial charge < -0.3 is 0 Å². The van der Waals surface area contributed by atoms with Gasteiger partial charge in [0, 0.05) is 5.33 Å². The Balaban J connectivity index is 3.22. The van der Waals surface area contributed by atoms with Gasteiger partial charge in [0.1, 0.15) is 0 Å². The van der Waals surface area contributed by atoms with Crippen molar-refractivity contribution in [3.05, 3.63) is 11.6 Å². The van der Waals surface area contributed by atoms with E-state index in [9.17, 15) is 0 Å². The molecule has 0 aliphatic carbocycles. The quantitative estimate of drug-likeness (QED) is 0.396. The normalized spacial score (nSPS) is 12.2. The molecule has 0 aromatic rings. The molecular weight excluding hydrogens is 140 g/mol. The fourth-order valence-corrected chi connectivity index (χ4v) is 0.401. The average molecular weight is 149 g/mol. The highest BCUT2D eigenvalue weighted by molar-refractivity contribution is 9.09. The molecule has 0 saturated heterocycles. The molecular formula is C5H9Br. The van der Waals surface area contributed by atoms with Crippen LogP contribution in [-0.4, -0.2) is 5.33 Å². The molecule has 0 spiro atoms. The second-order valence-corrected chi connectivity index (χ2v) is 1.83. The number of allylic oxidation sites excluding steroid dienone is 2. The largest absolute Gasteiger partial charge is 0.0880 e. The second-order valence-electron chi connectivity index (χ2n) is 1.27. The Hall–Kier alpha value is 0.220. The highest BCUT2D eigenvalue weighted by Gasteiger charge is 1.74. The van der Waals surface area contributed by atoms with Crippen LogP contribution in [0.2, 0.25) is 0 Å². The predicted molar refractivity (Wildman–Crippen MR) is 33.2 cm³/mol. The van der Waals surface area contributed by atoms with Gasteiger partial charge in [-0.15, -0.1) is 0 Å². The van der Waals surface area contributed by atoms with Crippen LogP contribution in [0.1, 0.15) is 13.8 Å². The van der Waals surface area contributed by atoms with E-state index < -0.39 is 0 Å². The highest BCUT2D eigenvalue weighted by Crippen LogP contribution is 1.94. The van der Waals surface area contributed by atoms with Gasteiger partial charge >= 0.3 is 0 Å². The zero-order valence-electron chi connectivity index (χ0n) is 4.16. The minimum absolute atomic E-state index is 1.00. The maximum absolute atomic E-state index is 3.31. The first-order valence-electron chi connectivity index (χ1n) is 1.99. The summed E-state index contributed by atoms with van der Waals surface area (Å²) >= 11 is 3.31. The summed E-state index contributed by atoms with van der Waals surface area (Å²) in [5.41, 5.74) is 1.38. The van der Waals surface area contributed by atoms with Crippen LogP contribution >= 0.6 is 15.9 Å². The Morgan fingerprint density at radius 1 is 1.83 bits per heavy atom. The van der Waals surface area contributed by atoms with Gasteiger partial charge in [0.05, 0.1) is 0 Å². The highest BCUT2D eigenvalue weighted by atomic mass is 79.9. The van der Waals surface area contributed by atoms with Crippen LogP contribution in [0.15, 0.2) is 11.6 Å². The van der Waals surface area contributed by atoms with Crippen LogP contribution < -0.4 is 0 Å². The summed E-state index contributed by atoms with van der Waals surface area (Å²) in [5.74, 6) is 0. The molecule has 0 bridgehead atoms. The summed E-state index contributed by atoms with van der Waals surface area (Å²) in [6.07, 6.45) is 2.09. The fraction of sp³-hybridized carbons (Fsp3) is 0.600. The van der Waals surface area contributed by atoms with E-state index in [0.717, 1.165) is 5.33 Å². The van der Waals surface area contributed by atoms with Gasteiger partial charge in [0.25, 0.3) is 0 Å². The summed E-state index contributed by atoms with van der Waals surface area (Å²) in [7, 11) is 0. The van der Waals surface area contributed by atoms with Crippen molar-refractivity contribution in [1.29, 1.82) is 0 Å². The van der Waals surface area contributed by atoms with Gasteiger partial charge in [-0.2, -0.15) is 0 Å². The first-order valence-corrected chi connectivity index (χ1v) is 3.11. The van der Waals surface area contributed by atoms with E-state index in [1.54, 1.807) is 0 Å². The molecule has 0 aromatic heterocycles. The molecule has 0 N–H and O–H groups in total. The molecule has 0 nitrogen and oxygen atoms in total. The average Bonchev–Trinajstić information content (AvgIpc) is 1.65. The third-order valence-corrected chi connectivity index (χ3v) is 1.59. The van der Waals surface area contributed by atoms with Crippen LogP contribution in [-0.2, 0) is 0 Å². The van der Waals surface area contributed by atoms with Gasteiger partial charge in [-0.3, -0.25) is 0 Å². The van der Waals surface area contributed by atoms with Crippen molar-refractivity contribution in [1.82, 2.24) is 0 Å². The monoisotopic (exact) mass is 148 g/mol. The Labute approximate surface area is 47.4 Å². The third-order valence-electron chi connectivity index (χ3n) is 0.704. The molecule has 0 aromatic carbocycles. The molecule has 0 fully saturated rings. The van der Waals surface area contributed by atoms with Gasteiger partial charge in [0.15, 0.2) is 0 Å². The lowest BCUT2D eigenvalue weighted by Crippen LogP contribution is -1.69. The SMILES string of the molecule is C/C=C(/C)CBr. The van der Waals surface area contributed by atoms with Crippen LogP contribution in [0.5, 0.6) is 0 Å². The Morgan fingerprint density at radius 3 is 2.33 bits per heavy atom. The zero-order valence-corrected chi connectivity index (χ0v) is 5.75. The molecule has 0 rings (SSSR count). The van der Waals surface area contributed by atoms with Crippen LogP contribution in [0.3, 0.4) is 0 Å². The zero-order chi connectivity index (χ0) is 4.99. The lowest BCUT2D eigenvalue weighted by molar-refractivity contribution is 1.39. The van der Waals surface area contributed by atoms with Gasteiger partial charge in [0.2, 0.25) is 0 Å². The maximum Gasteiger partial charge on any atom is 0.0238 e. The van der Waals surface area contributed by atoms with Crippen molar-refractivity contribution >= 4 is 15.9 Å². The van der Waals surface area contributed by atoms with Crippen molar-refractivity contribution in [3.63, 3.8) is 0 Å². The number of halogens is 1. The number of alkyl halides is 1. The summed E-state index contributed by atoms with van der Waals surface area (Å²) in [6.45, 7) is 4.13. The second kappa shape index (κ2) is 3.41. The van der Waals surface area contributed by atoms with E-state index in [1.807, 2.05) is 6.92 Å². The number of hydrogen-bond donors (Lipinski definition) is 0. The van der Waals surface area contributed by atoms with Crippen LogP contribution in [0, 0.1) is 0 Å². The predicted octanol–water partition coefficient (Wildman–Crippen LogP) is 2.35. The van der Waals surface area contributed by atoms with E-state index in [-0.39, 0.29) is 0 Å². The molecule has 0 atom stereocenters. The molecule has 0 radical (unpaired) electrons. The summed E-state index contributed by atoms with van der Waals surface area (Å²) < 4.78 is 0. The van der Waals surface area contributed by atoms with Crippen LogP contribution in [0.4, 0.5) is 0 Å². The van der Waals surface area contributed by atoms with Gasteiger partial charge in [-0.25, -0.2) is 0 Å². The molecule has 0 aliphatic heterocycles. The van der Waals surface area contributed by atoms with Crippen molar-refractivity contribution in [2.24, 2.45) is 0 Å². The standard InChI is InChI=1S/C5H9Br/c1-3-5(2)4-6/h3H,4H2,1-2H3/b5-3-. The Morgan fingerprint density at radius 2 is 2.33 bits per heavy atom. The molecule has 0 aliphatic rings. The fourth-order valence-electron chi connectivity index (χ4n) is 0.0772. The molecule has 0 unspecified atom stereocenters. The maximum atomic E-state index is 3.31. The minimum atomic E-state index is 1.00. The Bertz CT molecular complexity index is 55.0. The van der Waals surface area contributed by atoms with E-state index >= 15 is 0 Å².